The van der Waals surface area contributed by atoms with Crippen molar-refractivity contribution in [1.82, 2.24) is 30.0 Å². The van der Waals surface area contributed by atoms with E-state index in [2.05, 4.69) is 37.4 Å². The Morgan fingerprint density at radius 3 is 2.81 bits per heavy atom. The third kappa shape index (κ3) is 4.49. The molecule has 0 aliphatic carbocycles. The van der Waals surface area contributed by atoms with Crippen molar-refractivity contribution in [2.45, 2.75) is 18.9 Å². The molecule has 1 fully saturated rings. The number of hydrogen-bond donors (Lipinski definition) is 4. The molecule has 0 atom stereocenters. The van der Waals surface area contributed by atoms with Crippen molar-refractivity contribution in [2.24, 2.45) is 0 Å². The number of nitrogens with zero attached hydrogens (tertiary/aromatic N) is 4. The summed E-state index contributed by atoms with van der Waals surface area (Å²) in [4.78, 5) is 27.1. The van der Waals surface area contributed by atoms with Crippen LogP contribution in [0.1, 0.15) is 18.5 Å². The minimum Gasteiger partial charge on any atom is -0.360 e. The Balaban J connectivity index is 1.10. The summed E-state index contributed by atoms with van der Waals surface area (Å²) in [6.07, 6.45) is 6.80. The predicted octanol–water partition coefficient (Wildman–Crippen LogP) is 5.91. The second-order valence-electron chi connectivity index (χ2n) is 9.05. The maximum Gasteiger partial charge on any atom is 0.321 e. The van der Waals surface area contributed by atoms with E-state index in [1.54, 1.807) is 12.3 Å². The molecule has 37 heavy (non-hydrogen) atoms. The van der Waals surface area contributed by atoms with Crippen LogP contribution in [0, 0.1) is 0 Å². The average molecular weight is 513 g/mol. The molecule has 4 heterocycles. The summed E-state index contributed by atoms with van der Waals surface area (Å²) in [5.41, 5.74) is 5.03. The van der Waals surface area contributed by atoms with Crippen LogP contribution < -0.4 is 10.6 Å². The summed E-state index contributed by atoms with van der Waals surface area (Å²) in [7, 11) is 0. The van der Waals surface area contributed by atoms with Crippen LogP contribution in [0.15, 0.2) is 61.4 Å². The van der Waals surface area contributed by atoms with Gasteiger partial charge in [-0.05, 0) is 43.2 Å². The molecule has 1 aliphatic heterocycles. The molecule has 0 spiro atoms. The molecule has 0 unspecified atom stereocenters. The Morgan fingerprint density at radius 1 is 1.14 bits per heavy atom. The van der Waals surface area contributed by atoms with Crippen LogP contribution in [-0.4, -0.2) is 55.2 Å². The third-order valence-electron chi connectivity index (χ3n) is 6.74. The first-order valence-corrected chi connectivity index (χ1v) is 12.5. The summed E-state index contributed by atoms with van der Waals surface area (Å²) < 4.78 is 0. The summed E-state index contributed by atoms with van der Waals surface area (Å²) in [5, 5.41) is 16.1. The molecule has 9 nitrogen and oxygen atoms in total. The van der Waals surface area contributed by atoms with Gasteiger partial charge in [0.15, 0.2) is 0 Å². The highest BCUT2D eigenvalue weighted by molar-refractivity contribution is 6.33. The zero-order valence-corrected chi connectivity index (χ0v) is 20.7. The first-order chi connectivity index (χ1) is 18.1. The van der Waals surface area contributed by atoms with E-state index in [9.17, 15) is 4.79 Å². The van der Waals surface area contributed by atoms with Crippen molar-refractivity contribution in [3.05, 3.63) is 72.2 Å². The van der Waals surface area contributed by atoms with Gasteiger partial charge in [0, 0.05) is 52.9 Å². The van der Waals surface area contributed by atoms with E-state index in [4.69, 9.17) is 16.6 Å². The minimum atomic E-state index is -0.120. The van der Waals surface area contributed by atoms with Crippen LogP contribution in [0.4, 0.5) is 16.4 Å². The molecule has 4 N–H and O–H groups in total. The van der Waals surface area contributed by atoms with Crippen molar-refractivity contribution in [3.8, 4) is 11.3 Å². The second kappa shape index (κ2) is 9.59. The van der Waals surface area contributed by atoms with Crippen molar-refractivity contribution in [1.29, 1.82) is 0 Å². The number of aromatic amines is 2. The first-order valence-electron chi connectivity index (χ1n) is 12.1. The van der Waals surface area contributed by atoms with Crippen LogP contribution >= 0.6 is 11.6 Å². The number of nitrogens with one attached hydrogen (secondary N) is 4. The standard InChI is InChI=1S/C27H25ClN8O/c1-2-22-19-13-17(7-8-24(19)35-34-22)32-27(37)36-11-9-16(10-12-36)31-26-30-15-21(28)25(33-26)20-14-29-23-6-4-3-5-18(20)23/h2-8,13-16,29H,1,9-12H2,(H,32,37)(H,34,35)(H,30,31,33). The van der Waals surface area contributed by atoms with Crippen LogP contribution in [0.2, 0.25) is 5.02 Å². The lowest BCUT2D eigenvalue weighted by molar-refractivity contribution is 0.197. The monoisotopic (exact) mass is 512 g/mol. The molecule has 186 valence electrons. The topological polar surface area (TPSA) is 115 Å². The van der Waals surface area contributed by atoms with Gasteiger partial charge in [0.1, 0.15) is 0 Å². The largest absolute Gasteiger partial charge is 0.360 e. The fourth-order valence-corrected chi connectivity index (χ4v) is 4.97. The molecule has 10 heteroatoms. The number of fused-ring (bicyclic) bond motifs is 2. The maximum atomic E-state index is 12.9. The Morgan fingerprint density at radius 2 is 1.97 bits per heavy atom. The molecule has 1 aliphatic rings. The number of rotatable bonds is 5. The normalized spacial score (nSPS) is 14.2. The van der Waals surface area contributed by atoms with Gasteiger partial charge in [-0.1, -0.05) is 36.4 Å². The molecule has 2 amide bonds. The van der Waals surface area contributed by atoms with Crippen molar-refractivity contribution < 1.29 is 4.79 Å². The molecular formula is C27H25ClN8O. The average Bonchev–Trinajstić information content (AvgIpc) is 3.54. The van der Waals surface area contributed by atoms with Gasteiger partial charge in [-0.3, -0.25) is 5.10 Å². The highest BCUT2D eigenvalue weighted by Gasteiger charge is 2.24. The summed E-state index contributed by atoms with van der Waals surface area (Å²) in [6.45, 7) is 5.03. The molecule has 0 radical (unpaired) electrons. The van der Waals surface area contributed by atoms with E-state index < -0.39 is 0 Å². The van der Waals surface area contributed by atoms with Crippen molar-refractivity contribution in [2.75, 3.05) is 23.7 Å². The van der Waals surface area contributed by atoms with Gasteiger partial charge in [0.05, 0.1) is 28.1 Å². The van der Waals surface area contributed by atoms with E-state index in [1.165, 1.54) is 0 Å². The van der Waals surface area contributed by atoms with Gasteiger partial charge in [-0.2, -0.15) is 5.10 Å². The number of likely N-dealkylation sites (tertiary alicyclic amines) is 1. The zero-order chi connectivity index (χ0) is 25.4. The SMILES string of the molecule is C=Cc1n[nH]c2ccc(NC(=O)N3CCC(Nc4ncc(Cl)c(-c5c[nH]c6ccccc56)n4)CC3)cc12. The quantitative estimate of drug-likeness (QED) is 0.234. The molecule has 2 aromatic carbocycles. The van der Waals surface area contributed by atoms with E-state index in [-0.39, 0.29) is 12.1 Å². The van der Waals surface area contributed by atoms with E-state index in [0.717, 1.165) is 51.6 Å². The number of aromatic nitrogens is 5. The fraction of sp³-hybridized carbons (Fsp3) is 0.185. The van der Waals surface area contributed by atoms with Gasteiger partial charge in [0.25, 0.3) is 0 Å². The Bertz CT molecular complexity index is 1620. The Labute approximate surface area is 218 Å². The molecule has 6 rings (SSSR count). The van der Waals surface area contributed by atoms with E-state index >= 15 is 0 Å². The highest BCUT2D eigenvalue weighted by atomic mass is 35.5. The molecule has 1 saturated heterocycles. The number of H-pyrrole nitrogens is 2. The van der Waals surface area contributed by atoms with Crippen molar-refractivity contribution >= 4 is 57.1 Å². The van der Waals surface area contributed by atoms with Gasteiger partial charge in [-0.15, -0.1) is 0 Å². The van der Waals surface area contributed by atoms with Crippen LogP contribution in [0.3, 0.4) is 0 Å². The number of para-hydroxylation sites is 1. The first kappa shape index (κ1) is 23.1. The number of urea groups is 1. The van der Waals surface area contributed by atoms with Gasteiger partial charge in [-0.25, -0.2) is 14.8 Å². The molecule has 0 saturated carbocycles. The summed E-state index contributed by atoms with van der Waals surface area (Å²) in [5.74, 6) is 0.527. The summed E-state index contributed by atoms with van der Waals surface area (Å²) >= 11 is 6.47. The van der Waals surface area contributed by atoms with Crippen LogP contribution in [0.5, 0.6) is 0 Å². The minimum absolute atomic E-state index is 0.120. The lowest BCUT2D eigenvalue weighted by Crippen LogP contribution is -2.44. The Hall–Kier alpha value is -4.37. The summed E-state index contributed by atoms with van der Waals surface area (Å²) in [6, 6.07) is 13.7. The zero-order valence-electron chi connectivity index (χ0n) is 20.0. The van der Waals surface area contributed by atoms with E-state index in [0.29, 0.717) is 29.8 Å². The Kier molecular flexibility index (Phi) is 5.97. The fourth-order valence-electron chi connectivity index (χ4n) is 4.77. The number of amides is 2. The van der Waals surface area contributed by atoms with E-state index in [1.807, 2.05) is 53.6 Å². The van der Waals surface area contributed by atoms with Crippen LogP contribution in [0.25, 0.3) is 39.1 Å². The van der Waals surface area contributed by atoms with Crippen molar-refractivity contribution in [3.63, 3.8) is 0 Å². The number of carbonyl (C=O) groups is 1. The third-order valence-corrected chi connectivity index (χ3v) is 7.02. The number of carbonyl (C=O) groups excluding carboxylic acids is 1. The molecular weight excluding hydrogens is 488 g/mol. The molecule has 0 bridgehead atoms. The number of anilines is 2. The number of piperidine rings is 1. The van der Waals surface area contributed by atoms with Gasteiger partial charge >= 0.3 is 6.03 Å². The number of hydrogen-bond acceptors (Lipinski definition) is 5. The lowest BCUT2D eigenvalue weighted by atomic mass is 10.1. The lowest BCUT2D eigenvalue weighted by Gasteiger charge is -2.32. The highest BCUT2D eigenvalue weighted by Crippen LogP contribution is 2.32. The maximum absolute atomic E-state index is 12.9. The van der Waals surface area contributed by atoms with Gasteiger partial charge < -0.3 is 20.5 Å². The predicted molar refractivity (Wildman–Crippen MR) is 148 cm³/mol. The second-order valence-corrected chi connectivity index (χ2v) is 9.45. The van der Waals surface area contributed by atoms with Crippen LogP contribution in [-0.2, 0) is 0 Å². The smallest absolute Gasteiger partial charge is 0.321 e. The van der Waals surface area contributed by atoms with Gasteiger partial charge in [0.2, 0.25) is 5.95 Å². The number of benzene rings is 2. The molecule has 3 aromatic heterocycles. The number of halogens is 1. The molecule has 5 aromatic rings.